The lowest BCUT2D eigenvalue weighted by atomic mass is 9.94. The standard InChI is InChI=1S/C10H18N2O5/c1-10(2,9(16)17)5-12-8(15)6(11)3-4-7(13)14/h6H,3-5,11H2,1-2H3,(H,12,15)(H,13,14)(H,16,17). The summed E-state index contributed by atoms with van der Waals surface area (Å²) < 4.78 is 0. The van der Waals surface area contributed by atoms with E-state index >= 15 is 0 Å². The van der Waals surface area contributed by atoms with Gasteiger partial charge in [0.2, 0.25) is 5.91 Å². The lowest BCUT2D eigenvalue weighted by Gasteiger charge is -2.20. The topological polar surface area (TPSA) is 130 Å². The smallest absolute Gasteiger partial charge is 0.310 e. The van der Waals surface area contributed by atoms with E-state index in [9.17, 15) is 14.4 Å². The highest BCUT2D eigenvalue weighted by Crippen LogP contribution is 2.13. The molecule has 7 nitrogen and oxygen atoms in total. The normalized spacial score (nSPS) is 12.9. The van der Waals surface area contributed by atoms with E-state index in [1.807, 2.05) is 0 Å². The fraction of sp³-hybridized carbons (Fsp3) is 0.700. The SMILES string of the molecule is CC(C)(CNC(=O)C(N)CCC(=O)O)C(=O)O. The minimum atomic E-state index is -1.08. The Morgan fingerprint density at radius 1 is 1.29 bits per heavy atom. The summed E-state index contributed by atoms with van der Waals surface area (Å²) in [5, 5.41) is 19.6. The van der Waals surface area contributed by atoms with Crippen LogP contribution < -0.4 is 11.1 Å². The number of nitrogens with one attached hydrogen (secondary N) is 1. The van der Waals surface area contributed by atoms with Crippen LogP contribution in [-0.4, -0.2) is 40.6 Å². The summed E-state index contributed by atoms with van der Waals surface area (Å²) in [4.78, 5) is 32.4. The Morgan fingerprint density at radius 3 is 2.24 bits per heavy atom. The summed E-state index contributed by atoms with van der Waals surface area (Å²) in [5.74, 6) is -2.60. The first-order chi connectivity index (χ1) is 7.66. The average Bonchev–Trinajstić information content (AvgIpc) is 2.22. The number of amides is 1. The highest BCUT2D eigenvalue weighted by Gasteiger charge is 2.28. The number of hydrogen-bond acceptors (Lipinski definition) is 4. The van der Waals surface area contributed by atoms with E-state index in [-0.39, 0.29) is 19.4 Å². The van der Waals surface area contributed by atoms with Gasteiger partial charge in [-0.2, -0.15) is 0 Å². The van der Waals surface area contributed by atoms with Crippen molar-refractivity contribution in [2.45, 2.75) is 32.7 Å². The largest absolute Gasteiger partial charge is 0.481 e. The zero-order chi connectivity index (χ0) is 13.6. The molecule has 1 unspecified atom stereocenters. The molecule has 0 saturated heterocycles. The monoisotopic (exact) mass is 246 g/mol. The van der Waals surface area contributed by atoms with E-state index in [4.69, 9.17) is 15.9 Å². The second-order valence-electron chi connectivity index (χ2n) is 4.45. The molecule has 0 spiro atoms. The second-order valence-corrected chi connectivity index (χ2v) is 4.45. The number of carbonyl (C=O) groups excluding carboxylic acids is 1. The molecule has 17 heavy (non-hydrogen) atoms. The maximum Gasteiger partial charge on any atom is 0.310 e. The van der Waals surface area contributed by atoms with Gasteiger partial charge in [-0.3, -0.25) is 14.4 Å². The van der Waals surface area contributed by atoms with Crippen LogP contribution >= 0.6 is 0 Å². The van der Waals surface area contributed by atoms with E-state index in [0.717, 1.165) is 0 Å². The lowest BCUT2D eigenvalue weighted by Crippen LogP contribution is -2.46. The number of carbonyl (C=O) groups is 3. The Labute approximate surface area is 99.0 Å². The number of rotatable bonds is 7. The molecule has 1 amide bonds. The highest BCUT2D eigenvalue weighted by molar-refractivity contribution is 5.83. The van der Waals surface area contributed by atoms with Crippen LogP contribution in [0.5, 0.6) is 0 Å². The fourth-order valence-corrected chi connectivity index (χ4v) is 0.925. The molecule has 0 aromatic rings. The van der Waals surface area contributed by atoms with Crippen molar-refractivity contribution < 1.29 is 24.6 Å². The second kappa shape index (κ2) is 6.19. The molecular weight excluding hydrogens is 228 g/mol. The predicted molar refractivity (Wildman–Crippen MR) is 59.3 cm³/mol. The van der Waals surface area contributed by atoms with Crippen LogP contribution in [-0.2, 0) is 14.4 Å². The van der Waals surface area contributed by atoms with Crippen molar-refractivity contribution in [3.8, 4) is 0 Å². The molecule has 0 fully saturated rings. The van der Waals surface area contributed by atoms with Crippen molar-refractivity contribution in [1.82, 2.24) is 5.32 Å². The molecule has 0 saturated carbocycles. The highest BCUT2D eigenvalue weighted by atomic mass is 16.4. The van der Waals surface area contributed by atoms with Crippen LogP contribution in [0.15, 0.2) is 0 Å². The summed E-state index contributed by atoms with van der Waals surface area (Å²) >= 11 is 0. The molecule has 1 atom stereocenters. The maximum absolute atomic E-state index is 11.4. The van der Waals surface area contributed by atoms with Gasteiger partial charge in [0, 0.05) is 13.0 Å². The third-order valence-electron chi connectivity index (χ3n) is 2.29. The van der Waals surface area contributed by atoms with Gasteiger partial charge in [-0.15, -0.1) is 0 Å². The Balaban J connectivity index is 4.09. The summed E-state index contributed by atoms with van der Waals surface area (Å²) in [5.41, 5.74) is 4.37. The number of carboxylic acids is 2. The predicted octanol–water partition coefficient (Wildman–Crippen LogP) is -0.594. The maximum atomic E-state index is 11.4. The lowest BCUT2D eigenvalue weighted by molar-refractivity contribution is -0.146. The minimum Gasteiger partial charge on any atom is -0.481 e. The molecule has 0 bridgehead atoms. The van der Waals surface area contributed by atoms with Crippen molar-refractivity contribution in [2.75, 3.05) is 6.54 Å². The van der Waals surface area contributed by atoms with Crippen LogP contribution in [0.1, 0.15) is 26.7 Å². The number of carboxylic acid groups (broad SMARTS) is 2. The van der Waals surface area contributed by atoms with E-state index in [2.05, 4.69) is 5.32 Å². The van der Waals surface area contributed by atoms with Crippen LogP contribution in [0.2, 0.25) is 0 Å². The first-order valence-corrected chi connectivity index (χ1v) is 5.15. The molecule has 7 heteroatoms. The molecule has 5 N–H and O–H groups in total. The van der Waals surface area contributed by atoms with Gasteiger partial charge in [0.15, 0.2) is 0 Å². The van der Waals surface area contributed by atoms with Gasteiger partial charge in [-0.25, -0.2) is 0 Å². The van der Waals surface area contributed by atoms with Gasteiger partial charge < -0.3 is 21.3 Å². The van der Waals surface area contributed by atoms with Crippen molar-refractivity contribution in [3.63, 3.8) is 0 Å². The first kappa shape index (κ1) is 15.4. The molecular formula is C10H18N2O5. The zero-order valence-corrected chi connectivity index (χ0v) is 9.90. The molecule has 0 aromatic carbocycles. The Morgan fingerprint density at radius 2 is 1.82 bits per heavy atom. The fourth-order valence-electron chi connectivity index (χ4n) is 0.925. The van der Waals surface area contributed by atoms with Crippen LogP contribution in [0.4, 0.5) is 0 Å². The minimum absolute atomic E-state index is 0.0225. The number of hydrogen-bond donors (Lipinski definition) is 4. The molecule has 98 valence electrons. The van der Waals surface area contributed by atoms with E-state index in [0.29, 0.717) is 0 Å². The van der Waals surface area contributed by atoms with Gasteiger partial charge >= 0.3 is 11.9 Å². The third-order valence-corrected chi connectivity index (χ3v) is 2.29. The molecule has 0 heterocycles. The summed E-state index contributed by atoms with van der Waals surface area (Å²) in [6.45, 7) is 2.89. The van der Waals surface area contributed by atoms with Crippen molar-refractivity contribution in [1.29, 1.82) is 0 Å². The van der Waals surface area contributed by atoms with Crippen molar-refractivity contribution >= 4 is 17.8 Å². The number of nitrogens with two attached hydrogens (primary N) is 1. The van der Waals surface area contributed by atoms with Gasteiger partial charge in [-0.1, -0.05) is 0 Å². The Bertz CT molecular complexity index is 314. The van der Waals surface area contributed by atoms with E-state index < -0.39 is 29.3 Å². The summed E-state index contributed by atoms with van der Waals surface area (Å²) in [6, 6.07) is -0.935. The summed E-state index contributed by atoms with van der Waals surface area (Å²) in [7, 11) is 0. The average molecular weight is 246 g/mol. The molecule has 0 aliphatic carbocycles. The third kappa shape index (κ3) is 5.86. The van der Waals surface area contributed by atoms with Gasteiger partial charge in [0.05, 0.1) is 11.5 Å². The molecule has 0 radical (unpaired) electrons. The summed E-state index contributed by atoms with van der Waals surface area (Å²) in [6.07, 6.45) is -0.175. The van der Waals surface area contributed by atoms with E-state index in [1.54, 1.807) is 0 Å². The van der Waals surface area contributed by atoms with Crippen LogP contribution in [0.3, 0.4) is 0 Å². The Kier molecular flexibility index (Phi) is 5.60. The van der Waals surface area contributed by atoms with Gasteiger partial charge in [0.25, 0.3) is 0 Å². The first-order valence-electron chi connectivity index (χ1n) is 5.15. The number of aliphatic carboxylic acids is 2. The molecule has 0 aliphatic heterocycles. The van der Waals surface area contributed by atoms with Crippen LogP contribution in [0, 0.1) is 5.41 Å². The molecule has 0 aliphatic rings. The molecule has 0 rings (SSSR count). The van der Waals surface area contributed by atoms with Crippen molar-refractivity contribution in [2.24, 2.45) is 11.1 Å². The van der Waals surface area contributed by atoms with Crippen molar-refractivity contribution in [3.05, 3.63) is 0 Å². The molecule has 0 aromatic heterocycles. The van der Waals surface area contributed by atoms with Crippen LogP contribution in [0.25, 0.3) is 0 Å². The van der Waals surface area contributed by atoms with E-state index in [1.165, 1.54) is 13.8 Å². The van der Waals surface area contributed by atoms with Gasteiger partial charge in [0.1, 0.15) is 0 Å². The zero-order valence-electron chi connectivity index (χ0n) is 9.90. The quantitative estimate of drug-likeness (QED) is 0.475. The Hall–Kier alpha value is -1.63. The van der Waals surface area contributed by atoms with Gasteiger partial charge in [-0.05, 0) is 20.3 Å².